The number of nitrogen functional groups attached to an aromatic ring is 1. The molecule has 0 bridgehead atoms. The fourth-order valence-corrected chi connectivity index (χ4v) is 1.82. The maximum atomic E-state index is 13.1. The lowest BCUT2D eigenvalue weighted by atomic mass is 10.1. The number of hydrogen-bond donors (Lipinski definition) is 2. The van der Waals surface area contributed by atoms with E-state index in [0.717, 1.165) is 5.56 Å². The van der Waals surface area contributed by atoms with E-state index < -0.39 is 11.9 Å². The number of rotatable bonds is 4. The van der Waals surface area contributed by atoms with E-state index in [1.807, 2.05) is 6.92 Å². The van der Waals surface area contributed by atoms with Gasteiger partial charge >= 0.3 is 0 Å². The predicted octanol–water partition coefficient (Wildman–Crippen LogP) is 3.12. The summed E-state index contributed by atoms with van der Waals surface area (Å²) in [7, 11) is 0. The van der Waals surface area contributed by atoms with Gasteiger partial charge in [0.1, 0.15) is 11.6 Å². The maximum absolute atomic E-state index is 13.1. The highest BCUT2D eigenvalue weighted by molar-refractivity contribution is 5.95. The van der Waals surface area contributed by atoms with Crippen LogP contribution in [0.25, 0.3) is 0 Å². The van der Waals surface area contributed by atoms with Crippen LogP contribution in [0.15, 0.2) is 42.5 Å². The van der Waals surface area contributed by atoms with Gasteiger partial charge in [-0.1, -0.05) is 12.1 Å². The number of nitrogens with one attached hydrogen (secondary N) is 1. The van der Waals surface area contributed by atoms with Gasteiger partial charge in [0.25, 0.3) is 5.91 Å². The minimum absolute atomic E-state index is 0.307. The van der Waals surface area contributed by atoms with Crippen molar-refractivity contribution < 1.29 is 13.9 Å². The molecule has 0 radical (unpaired) electrons. The number of carbonyl (C=O) groups is 1. The van der Waals surface area contributed by atoms with Gasteiger partial charge in [0.2, 0.25) is 0 Å². The van der Waals surface area contributed by atoms with Crippen molar-refractivity contribution in [3.8, 4) is 5.75 Å². The second-order valence-corrected chi connectivity index (χ2v) is 4.73. The lowest BCUT2D eigenvalue weighted by molar-refractivity contribution is -0.122. The molecule has 1 amide bonds. The topological polar surface area (TPSA) is 64.3 Å². The summed E-state index contributed by atoms with van der Waals surface area (Å²) in [4.78, 5) is 12.1. The molecule has 5 heteroatoms. The van der Waals surface area contributed by atoms with Crippen LogP contribution in [0.2, 0.25) is 0 Å². The van der Waals surface area contributed by atoms with Gasteiger partial charge in [0.15, 0.2) is 6.10 Å². The van der Waals surface area contributed by atoms with Gasteiger partial charge in [-0.3, -0.25) is 4.79 Å². The molecule has 1 unspecified atom stereocenters. The molecule has 21 heavy (non-hydrogen) atoms. The first-order valence-electron chi connectivity index (χ1n) is 6.55. The number of halogens is 1. The normalized spacial score (nSPS) is 11.8. The lowest BCUT2D eigenvalue weighted by Crippen LogP contribution is -2.30. The summed E-state index contributed by atoms with van der Waals surface area (Å²) in [5, 5.41) is 2.75. The van der Waals surface area contributed by atoms with Crippen molar-refractivity contribution in [2.24, 2.45) is 0 Å². The van der Waals surface area contributed by atoms with Crippen LogP contribution in [0.5, 0.6) is 5.75 Å². The second-order valence-electron chi connectivity index (χ2n) is 4.73. The average Bonchev–Trinajstić information content (AvgIpc) is 2.44. The summed E-state index contributed by atoms with van der Waals surface area (Å²) in [6.45, 7) is 3.42. The Morgan fingerprint density at radius 2 is 2.00 bits per heavy atom. The number of ether oxygens (including phenoxy) is 1. The number of nitrogens with two attached hydrogens (primary N) is 1. The molecular weight excluding hydrogens is 271 g/mol. The van der Waals surface area contributed by atoms with Crippen molar-refractivity contribution in [3.05, 3.63) is 53.8 Å². The van der Waals surface area contributed by atoms with E-state index in [2.05, 4.69) is 5.32 Å². The highest BCUT2D eigenvalue weighted by Crippen LogP contribution is 2.21. The molecule has 0 fully saturated rings. The Morgan fingerprint density at radius 3 is 2.71 bits per heavy atom. The Balaban J connectivity index is 2.04. The molecule has 0 aliphatic carbocycles. The highest BCUT2D eigenvalue weighted by Gasteiger charge is 2.16. The molecule has 0 saturated carbocycles. The standard InChI is InChI=1S/C16H17FN2O2/c1-10-14(18)7-4-8-15(10)19-16(20)11(2)21-13-6-3-5-12(17)9-13/h3-9,11H,18H2,1-2H3,(H,19,20). The van der Waals surface area contributed by atoms with E-state index >= 15 is 0 Å². The summed E-state index contributed by atoms with van der Waals surface area (Å²) in [5.74, 6) is -0.429. The molecular formula is C16H17FN2O2. The van der Waals surface area contributed by atoms with Crippen molar-refractivity contribution in [1.29, 1.82) is 0 Å². The summed E-state index contributed by atoms with van der Waals surface area (Å²) in [6.07, 6.45) is -0.757. The van der Waals surface area contributed by atoms with Crippen molar-refractivity contribution in [3.63, 3.8) is 0 Å². The van der Waals surface area contributed by atoms with E-state index in [0.29, 0.717) is 17.1 Å². The monoisotopic (exact) mass is 288 g/mol. The van der Waals surface area contributed by atoms with E-state index in [1.54, 1.807) is 31.2 Å². The Kier molecular flexibility index (Phi) is 4.42. The number of amides is 1. The van der Waals surface area contributed by atoms with Crippen molar-refractivity contribution >= 4 is 17.3 Å². The van der Waals surface area contributed by atoms with Gasteiger partial charge in [-0.25, -0.2) is 4.39 Å². The third kappa shape index (κ3) is 3.72. The van der Waals surface area contributed by atoms with Gasteiger partial charge in [-0.05, 0) is 43.7 Å². The molecule has 0 aromatic heterocycles. The smallest absolute Gasteiger partial charge is 0.265 e. The molecule has 1 atom stereocenters. The van der Waals surface area contributed by atoms with Crippen LogP contribution < -0.4 is 15.8 Å². The number of carbonyl (C=O) groups excluding carboxylic acids is 1. The largest absolute Gasteiger partial charge is 0.481 e. The van der Waals surface area contributed by atoms with E-state index in [4.69, 9.17) is 10.5 Å². The number of hydrogen-bond acceptors (Lipinski definition) is 3. The Labute approximate surface area is 122 Å². The molecule has 2 aromatic rings. The van der Waals surface area contributed by atoms with E-state index in [1.165, 1.54) is 18.2 Å². The number of benzene rings is 2. The lowest BCUT2D eigenvalue weighted by Gasteiger charge is -2.16. The summed E-state index contributed by atoms with van der Waals surface area (Å²) < 4.78 is 18.5. The van der Waals surface area contributed by atoms with Gasteiger partial charge in [-0.2, -0.15) is 0 Å². The van der Waals surface area contributed by atoms with Crippen molar-refractivity contribution in [1.82, 2.24) is 0 Å². The molecule has 3 N–H and O–H groups in total. The van der Waals surface area contributed by atoms with Crippen LogP contribution in [0.1, 0.15) is 12.5 Å². The fourth-order valence-electron chi connectivity index (χ4n) is 1.82. The van der Waals surface area contributed by atoms with Gasteiger partial charge < -0.3 is 15.8 Å². The number of anilines is 2. The van der Waals surface area contributed by atoms with Crippen LogP contribution >= 0.6 is 0 Å². The van der Waals surface area contributed by atoms with E-state index in [-0.39, 0.29) is 5.91 Å². The Hall–Kier alpha value is -2.56. The molecule has 2 rings (SSSR count). The highest BCUT2D eigenvalue weighted by atomic mass is 19.1. The van der Waals surface area contributed by atoms with Crippen LogP contribution in [0, 0.1) is 12.7 Å². The quantitative estimate of drug-likeness (QED) is 0.850. The fraction of sp³-hybridized carbons (Fsp3) is 0.188. The zero-order valence-electron chi connectivity index (χ0n) is 11.9. The molecule has 110 valence electrons. The molecule has 0 heterocycles. The van der Waals surface area contributed by atoms with Gasteiger partial charge in [0.05, 0.1) is 0 Å². The minimum atomic E-state index is -0.757. The summed E-state index contributed by atoms with van der Waals surface area (Å²) in [5.41, 5.74) is 7.82. The van der Waals surface area contributed by atoms with Crippen molar-refractivity contribution in [2.75, 3.05) is 11.1 Å². The van der Waals surface area contributed by atoms with Crippen molar-refractivity contribution in [2.45, 2.75) is 20.0 Å². The van der Waals surface area contributed by atoms with E-state index in [9.17, 15) is 9.18 Å². The summed E-state index contributed by atoms with van der Waals surface area (Å²) in [6, 6.07) is 10.9. The molecule has 4 nitrogen and oxygen atoms in total. The van der Waals surface area contributed by atoms with Gasteiger partial charge in [0, 0.05) is 17.4 Å². The molecule has 2 aromatic carbocycles. The zero-order valence-corrected chi connectivity index (χ0v) is 11.9. The maximum Gasteiger partial charge on any atom is 0.265 e. The predicted molar refractivity (Wildman–Crippen MR) is 80.7 cm³/mol. The first kappa shape index (κ1) is 14.8. The molecule has 0 aliphatic rings. The average molecular weight is 288 g/mol. The SMILES string of the molecule is Cc1c(N)cccc1NC(=O)C(C)Oc1cccc(F)c1. The third-order valence-electron chi connectivity index (χ3n) is 3.11. The molecule has 0 aliphatic heterocycles. The van der Waals surface area contributed by atoms with Crippen LogP contribution in [-0.2, 0) is 4.79 Å². The second kappa shape index (κ2) is 6.26. The van der Waals surface area contributed by atoms with Crippen LogP contribution in [0.3, 0.4) is 0 Å². The Bertz CT molecular complexity index is 658. The molecule has 0 spiro atoms. The minimum Gasteiger partial charge on any atom is -0.481 e. The Morgan fingerprint density at radius 1 is 1.29 bits per heavy atom. The zero-order chi connectivity index (χ0) is 15.4. The molecule has 0 saturated heterocycles. The first-order chi connectivity index (χ1) is 9.97. The van der Waals surface area contributed by atoms with Crippen LogP contribution in [-0.4, -0.2) is 12.0 Å². The first-order valence-corrected chi connectivity index (χ1v) is 6.55. The van der Waals surface area contributed by atoms with Gasteiger partial charge in [-0.15, -0.1) is 0 Å². The summed E-state index contributed by atoms with van der Waals surface area (Å²) >= 11 is 0. The van der Waals surface area contributed by atoms with Crippen LogP contribution in [0.4, 0.5) is 15.8 Å². The third-order valence-corrected chi connectivity index (χ3v) is 3.11.